The lowest BCUT2D eigenvalue weighted by molar-refractivity contribution is 0.0984. The van der Waals surface area contributed by atoms with Crippen LogP contribution >= 0.6 is 11.3 Å². The quantitative estimate of drug-likeness (QED) is 0.614. The van der Waals surface area contributed by atoms with Crippen LogP contribution in [0.1, 0.15) is 17.3 Å². The van der Waals surface area contributed by atoms with Gasteiger partial charge >= 0.3 is 0 Å². The van der Waals surface area contributed by atoms with Gasteiger partial charge in [0.1, 0.15) is 17.1 Å². The second kappa shape index (κ2) is 8.45. The first kappa shape index (κ1) is 19.3. The number of carbonyl (C=O) groups excluding carboxylic acids is 1. The molecule has 0 unspecified atom stereocenters. The number of hydrogen-bond donors (Lipinski definition) is 0. The number of likely N-dealkylation sites (N-methyl/N-ethyl adjacent to an activating group) is 1. The van der Waals surface area contributed by atoms with E-state index in [0.29, 0.717) is 36.1 Å². The maximum atomic E-state index is 13.6. The van der Waals surface area contributed by atoms with Gasteiger partial charge in [0.25, 0.3) is 5.91 Å². The SMILES string of the molecule is CCOc1cccc2sc(N(CCN(C)C)C(=O)c3cccc(F)c3)nc12. The first-order valence-corrected chi connectivity index (χ1v) is 9.55. The van der Waals surface area contributed by atoms with Crippen molar-refractivity contribution in [3.05, 3.63) is 53.8 Å². The van der Waals surface area contributed by atoms with Gasteiger partial charge in [-0.3, -0.25) is 9.69 Å². The molecule has 2 aromatic carbocycles. The van der Waals surface area contributed by atoms with Crippen LogP contribution in [0, 0.1) is 5.82 Å². The average Bonchev–Trinajstić information content (AvgIpc) is 3.06. The first-order chi connectivity index (χ1) is 13.0. The lowest BCUT2D eigenvalue weighted by Gasteiger charge is -2.22. The number of carbonyl (C=O) groups is 1. The fourth-order valence-corrected chi connectivity index (χ4v) is 3.67. The van der Waals surface area contributed by atoms with Gasteiger partial charge in [-0.25, -0.2) is 9.37 Å². The number of ether oxygens (including phenoxy) is 1. The third kappa shape index (κ3) is 4.43. The van der Waals surface area contributed by atoms with Crippen molar-refractivity contribution in [2.45, 2.75) is 6.92 Å². The zero-order valence-electron chi connectivity index (χ0n) is 15.6. The number of anilines is 1. The highest BCUT2D eigenvalue weighted by Gasteiger charge is 2.22. The molecule has 0 N–H and O–H groups in total. The van der Waals surface area contributed by atoms with Gasteiger partial charge in [-0.1, -0.05) is 23.5 Å². The van der Waals surface area contributed by atoms with E-state index in [2.05, 4.69) is 4.98 Å². The van der Waals surface area contributed by atoms with E-state index in [4.69, 9.17) is 4.74 Å². The molecule has 27 heavy (non-hydrogen) atoms. The van der Waals surface area contributed by atoms with Crippen molar-refractivity contribution in [3.63, 3.8) is 0 Å². The van der Waals surface area contributed by atoms with Gasteiger partial charge in [-0.15, -0.1) is 0 Å². The molecule has 1 aromatic heterocycles. The largest absolute Gasteiger partial charge is 0.492 e. The van der Waals surface area contributed by atoms with Crippen molar-refractivity contribution in [1.29, 1.82) is 0 Å². The summed E-state index contributed by atoms with van der Waals surface area (Å²) < 4.78 is 20.2. The normalized spacial score (nSPS) is 11.1. The highest BCUT2D eigenvalue weighted by molar-refractivity contribution is 7.22. The number of hydrogen-bond acceptors (Lipinski definition) is 5. The van der Waals surface area contributed by atoms with E-state index < -0.39 is 5.82 Å². The van der Waals surface area contributed by atoms with Crippen molar-refractivity contribution in [3.8, 4) is 5.75 Å². The van der Waals surface area contributed by atoms with Crippen molar-refractivity contribution in [2.24, 2.45) is 0 Å². The lowest BCUT2D eigenvalue weighted by atomic mass is 10.2. The number of rotatable bonds is 7. The summed E-state index contributed by atoms with van der Waals surface area (Å²) in [5.74, 6) is -0.00651. The molecule has 5 nitrogen and oxygen atoms in total. The molecular weight excluding hydrogens is 365 g/mol. The summed E-state index contributed by atoms with van der Waals surface area (Å²) in [4.78, 5) is 21.3. The molecule has 7 heteroatoms. The van der Waals surface area contributed by atoms with E-state index in [-0.39, 0.29) is 5.91 Å². The van der Waals surface area contributed by atoms with Crippen LogP contribution in [0.2, 0.25) is 0 Å². The minimum Gasteiger partial charge on any atom is -0.492 e. The maximum Gasteiger partial charge on any atom is 0.260 e. The van der Waals surface area contributed by atoms with E-state index >= 15 is 0 Å². The number of fused-ring (bicyclic) bond motifs is 1. The maximum absolute atomic E-state index is 13.6. The molecule has 0 spiro atoms. The first-order valence-electron chi connectivity index (χ1n) is 8.74. The van der Waals surface area contributed by atoms with Crippen molar-refractivity contribution in [1.82, 2.24) is 9.88 Å². The molecule has 0 saturated heterocycles. The Labute approximate surface area is 162 Å². The number of aromatic nitrogens is 1. The summed E-state index contributed by atoms with van der Waals surface area (Å²) in [6.45, 7) is 3.57. The van der Waals surface area contributed by atoms with Gasteiger partial charge in [0.15, 0.2) is 5.13 Å². The van der Waals surface area contributed by atoms with Crippen LogP contribution in [0.3, 0.4) is 0 Å². The molecule has 0 atom stereocenters. The molecule has 0 bridgehead atoms. The fourth-order valence-electron chi connectivity index (χ4n) is 2.66. The minimum atomic E-state index is -0.434. The fraction of sp³-hybridized carbons (Fsp3) is 0.300. The smallest absolute Gasteiger partial charge is 0.260 e. The molecular formula is C20H22FN3O2S. The Kier molecular flexibility index (Phi) is 6.03. The molecule has 0 fully saturated rings. The van der Waals surface area contributed by atoms with Crippen LogP contribution in [-0.2, 0) is 0 Å². The second-order valence-electron chi connectivity index (χ2n) is 6.30. The van der Waals surface area contributed by atoms with Gasteiger partial charge in [0.2, 0.25) is 0 Å². The zero-order chi connectivity index (χ0) is 19.4. The van der Waals surface area contributed by atoms with Crippen LogP contribution in [0.4, 0.5) is 9.52 Å². The summed E-state index contributed by atoms with van der Waals surface area (Å²) >= 11 is 1.43. The Morgan fingerprint density at radius 3 is 2.67 bits per heavy atom. The monoisotopic (exact) mass is 387 g/mol. The van der Waals surface area contributed by atoms with E-state index in [1.165, 1.54) is 29.5 Å². The van der Waals surface area contributed by atoms with E-state index in [1.54, 1.807) is 11.0 Å². The summed E-state index contributed by atoms with van der Waals surface area (Å²) in [6.07, 6.45) is 0. The molecule has 1 amide bonds. The molecule has 0 aliphatic heterocycles. The van der Waals surface area contributed by atoms with E-state index in [0.717, 1.165) is 10.2 Å². The van der Waals surface area contributed by atoms with Gasteiger partial charge < -0.3 is 9.64 Å². The van der Waals surface area contributed by atoms with Gasteiger partial charge in [0, 0.05) is 18.7 Å². The minimum absolute atomic E-state index is 0.270. The van der Waals surface area contributed by atoms with Crippen molar-refractivity contribution in [2.75, 3.05) is 38.7 Å². The van der Waals surface area contributed by atoms with Crippen LogP contribution in [-0.4, -0.2) is 49.6 Å². The van der Waals surface area contributed by atoms with Crippen LogP contribution < -0.4 is 9.64 Å². The van der Waals surface area contributed by atoms with Gasteiger partial charge in [0.05, 0.1) is 11.3 Å². The molecule has 1 heterocycles. The molecule has 3 rings (SSSR count). The van der Waals surface area contributed by atoms with E-state index in [9.17, 15) is 9.18 Å². The second-order valence-corrected chi connectivity index (χ2v) is 7.31. The number of thiazole rings is 1. The number of para-hydroxylation sites is 1. The average molecular weight is 387 g/mol. The number of nitrogens with zero attached hydrogens (tertiary/aromatic N) is 3. The van der Waals surface area contributed by atoms with Gasteiger partial charge in [-0.2, -0.15) is 0 Å². The van der Waals surface area contributed by atoms with Crippen LogP contribution in [0.25, 0.3) is 10.2 Å². The Bertz CT molecular complexity index is 942. The zero-order valence-corrected chi connectivity index (χ0v) is 16.4. The predicted molar refractivity (Wildman–Crippen MR) is 107 cm³/mol. The van der Waals surface area contributed by atoms with Crippen molar-refractivity contribution >= 4 is 32.6 Å². The summed E-state index contributed by atoms with van der Waals surface area (Å²) in [7, 11) is 3.88. The molecule has 0 aliphatic rings. The summed E-state index contributed by atoms with van der Waals surface area (Å²) in [6, 6.07) is 11.5. The Balaban J connectivity index is 2.01. The Hall–Kier alpha value is -2.51. The van der Waals surface area contributed by atoms with Crippen molar-refractivity contribution < 1.29 is 13.9 Å². The number of amides is 1. The number of benzene rings is 2. The number of halogens is 1. The third-order valence-electron chi connectivity index (χ3n) is 3.99. The highest BCUT2D eigenvalue weighted by atomic mass is 32.1. The Morgan fingerprint density at radius 1 is 1.19 bits per heavy atom. The summed E-state index contributed by atoms with van der Waals surface area (Å²) in [5, 5.41) is 0.577. The third-order valence-corrected chi connectivity index (χ3v) is 5.03. The topological polar surface area (TPSA) is 45.7 Å². The molecule has 0 aliphatic carbocycles. The van der Waals surface area contributed by atoms with Crippen LogP contribution in [0.15, 0.2) is 42.5 Å². The highest BCUT2D eigenvalue weighted by Crippen LogP contribution is 2.34. The lowest BCUT2D eigenvalue weighted by Crippen LogP contribution is -2.36. The molecule has 3 aromatic rings. The van der Waals surface area contributed by atoms with Crippen LogP contribution in [0.5, 0.6) is 5.75 Å². The summed E-state index contributed by atoms with van der Waals surface area (Å²) in [5.41, 5.74) is 1.04. The molecule has 142 valence electrons. The molecule has 0 saturated carbocycles. The molecule has 0 radical (unpaired) electrons. The van der Waals surface area contributed by atoms with Gasteiger partial charge in [-0.05, 0) is 51.4 Å². The Morgan fingerprint density at radius 2 is 1.96 bits per heavy atom. The van der Waals surface area contributed by atoms with E-state index in [1.807, 2.05) is 44.1 Å². The standard InChI is InChI=1S/C20H22FN3O2S/c1-4-26-16-9-6-10-17-18(16)22-20(27-17)24(12-11-23(2)3)19(25)14-7-5-8-15(21)13-14/h5-10,13H,4,11-12H2,1-3H3. The predicted octanol–water partition coefficient (Wildman–Crippen LogP) is 4.04.